The van der Waals surface area contributed by atoms with Crippen LogP contribution in [0.2, 0.25) is 0 Å². The van der Waals surface area contributed by atoms with Crippen molar-refractivity contribution in [2.75, 3.05) is 0 Å². The van der Waals surface area contributed by atoms with Crippen LogP contribution in [-0.4, -0.2) is 19.9 Å². The molecule has 0 saturated carbocycles. The maximum absolute atomic E-state index is 9.03. The number of aryl methyl sites for hydroxylation is 2. The van der Waals surface area contributed by atoms with Crippen LogP contribution in [0.25, 0.3) is 0 Å². The van der Waals surface area contributed by atoms with Gasteiger partial charge in [0.05, 0.1) is 6.54 Å². The third kappa shape index (κ3) is 2.08. The lowest BCUT2D eigenvalue weighted by molar-refractivity contribution is 0.265. The van der Waals surface area contributed by atoms with E-state index >= 15 is 0 Å². The first kappa shape index (κ1) is 10.3. The molecule has 5 heteroatoms. The summed E-state index contributed by atoms with van der Waals surface area (Å²) in [7, 11) is 0. The molecule has 0 fully saturated rings. The second-order valence-corrected chi connectivity index (χ2v) is 4.83. The molecule has 0 bridgehead atoms. The third-order valence-corrected chi connectivity index (χ3v) is 3.52. The van der Waals surface area contributed by atoms with Crippen LogP contribution >= 0.6 is 11.3 Å². The Morgan fingerprint density at radius 2 is 2.27 bits per heavy atom. The van der Waals surface area contributed by atoms with Crippen LogP contribution in [-0.2, 0) is 13.2 Å². The fourth-order valence-electron chi connectivity index (χ4n) is 1.43. The summed E-state index contributed by atoms with van der Waals surface area (Å²) in [4.78, 5) is 2.60. The van der Waals surface area contributed by atoms with Crippen LogP contribution in [0.3, 0.4) is 0 Å². The van der Waals surface area contributed by atoms with Gasteiger partial charge in [-0.2, -0.15) is 0 Å². The number of thiophene rings is 1. The minimum Gasteiger partial charge on any atom is -0.388 e. The van der Waals surface area contributed by atoms with Gasteiger partial charge < -0.3 is 9.67 Å². The van der Waals surface area contributed by atoms with Gasteiger partial charge in [0.2, 0.25) is 0 Å². The molecule has 0 unspecified atom stereocenters. The molecule has 2 rings (SSSR count). The first-order valence-electron chi connectivity index (χ1n) is 4.74. The summed E-state index contributed by atoms with van der Waals surface area (Å²) in [6.07, 6.45) is 1.65. The average Bonchev–Trinajstić information content (AvgIpc) is 2.75. The van der Waals surface area contributed by atoms with Gasteiger partial charge in [-0.3, -0.25) is 0 Å². The number of hydrogen-bond donors (Lipinski definition) is 1. The fraction of sp³-hybridized carbons (Fsp3) is 0.400. The molecule has 2 heterocycles. The molecule has 0 spiro atoms. The molecule has 0 aliphatic heterocycles. The molecule has 0 aromatic carbocycles. The van der Waals surface area contributed by atoms with Crippen LogP contribution in [0.15, 0.2) is 12.4 Å². The molecule has 0 saturated heterocycles. The van der Waals surface area contributed by atoms with E-state index in [9.17, 15) is 0 Å². The van der Waals surface area contributed by atoms with Gasteiger partial charge in [-0.15, -0.1) is 21.5 Å². The Labute approximate surface area is 92.2 Å². The van der Waals surface area contributed by atoms with Crippen molar-refractivity contribution in [1.82, 2.24) is 14.8 Å². The van der Waals surface area contributed by atoms with Crippen LogP contribution in [0.1, 0.15) is 21.1 Å². The van der Waals surface area contributed by atoms with E-state index in [-0.39, 0.29) is 6.61 Å². The smallest absolute Gasteiger partial charge is 0.158 e. The second kappa shape index (κ2) is 4.12. The highest BCUT2D eigenvalue weighted by molar-refractivity contribution is 7.12. The monoisotopic (exact) mass is 223 g/mol. The summed E-state index contributed by atoms with van der Waals surface area (Å²) in [6.45, 7) is 4.89. The zero-order valence-electron chi connectivity index (χ0n) is 8.77. The first-order chi connectivity index (χ1) is 7.20. The van der Waals surface area contributed by atoms with Gasteiger partial charge in [-0.1, -0.05) is 0 Å². The topological polar surface area (TPSA) is 50.9 Å². The highest BCUT2D eigenvalue weighted by atomic mass is 32.1. The van der Waals surface area contributed by atoms with Crippen molar-refractivity contribution in [3.8, 4) is 0 Å². The van der Waals surface area contributed by atoms with Crippen molar-refractivity contribution in [1.29, 1.82) is 0 Å². The van der Waals surface area contributed by atoms with Crippen molar-refractivity contribution >= 4 is 11.3 Å². The first-order valence-corrected chi connectivity index (χ1v) is 5.56. The van der Waals surface area contributed by atoms with E-state index in [0.29, 0.717) is 5.82 Å². The van der Waals surface area contributed by atoms with Crippen LogP contribution in [0, 0.1) is 13.8 Å². The normalized spacial score (nSPS) is 10.9. The SMILES string of the molecule is Cc1cc(Cn2cnnc2CO)sc1C. The highest BCUT2D eigenvalue weighted by Crippen LogP contribution is 2.21. The largest absolute Gasteiger partial charge is 0.388 e. The Morgan fingerprint density at radius 1 is 1.47 bits per heavy atom. The molecule has 2 aromatic heterocycles. The minimum absolute atomic E-state index is 0.0661. The molecule has 0 atom stereocenters. The third-order valence-electron chi connectivity index (χ3n) is 2.38. The van der Waals surface area contributed by atoms with E-state index in [1.54, 1.807) is 17.7 Å². The second-order valence-electron chi connectivity index (χ2n) is 3.49. The zero-order valence-corrected chi connectivity index (χ0v) is 9.58. The van der Waals surface area contributed by atoms with Gasteiger partial charge in [0, 0.05) is 9.75 Å². The Bertz CT molecular complexity index is 441. The predicted molar refractivity (Wildman–Crippen MR) is 58.8 cm³/mol. The van der Waals surface area contributed by atoms with E-state index in [1.807, 2.05) is 4.57 Å². The van der Waals surface area contributed by atoms with Crippen molar-refractivity contribution in [3.63, 3.8) is 0 Å². The van der Waals surface area contributed by atoms with E-state index in [2.05, 4.69) is 30.1 Å². The minimum atomic E-state index is -0.0661. The van der Waals surface area contributed by atoms with Crippen molar-refractivity contribution in [2.24, 2.45) is 0 Å². The molecule has 0 aliphatic carbocycles. The number of aliphatic hydroxyl groups is 1. The standard InChI is InChI=1S/C10H13N3OS/c1-7-3-9(15-8(7)2)4-13-6-11-12-10(13)5-14/h3,6,14H,4-5H2,1-2H3. The Balaban J connectivity index is 2.21. The molecule has 2 aromatic rings. The molecular formula is C10H13N3OS. The number of aliphatic hydroxyl groups excluding tert-OH is 1. The predicted octanol–water partition coefficient (Wildman–Crippen LogP) is 1.50. The van der Waals surface area contributed by atoms with E-state index in [4.69, 9.17) is 5.11 Å². The summed E-state index contributed by atoms with van der Waals surface area (Å²) in [5, 5.41) is 16.6. The van der Waals surface area contributed by atoms with Crippen LogP contribution in [0.4, 0.5) is 0 Å². The molecule has 1 N–H and O–H groups in total. The van der Waals surface area contributed by atoms with Crippen molar-refractivity contribution < 1.29 is 5.11 Å². The van der Waals surface area contributed by atoms with Gasteiger partial charge in [0.1, 0.15) is 12.9 Å². The Hall–Kier alpha value is -1.20. The number of nitrogens with zero attached hydrogens (tertiary/aromatic N) is 3. The highest BCUT2D eigenvalue weighted by Gasteiger charge is 2.06. The molecule has 0 aliphatic rings. The summed E-state index contributed by atoms with van der Waals surface area (Å²) >= 11 is 1.77. The lowest BCUT2D eigenvalue weighted by Gasteiger charge is -2.01. The van der Waals surface area contributed by atoms with Gasteiger partial charge in [0.25, 0.3) is 0 Å². The van der Waals surface area contributed by atoms with Gasteiger partial charge >= 0.3 is 0 Å². The van der Waals surface area contributed by atoms with E-state index in [0.717, 1.165) is 6.54 Å². The molecule has 15 heavy (non-hydrogen) atoms. The fourth-order valence-corrected chi connectivity index (χ4v) is 2.48. The number of hydrogen-bond acceptors (Lipinski definition) is 4. The summed E-state index contributed by atoms with van der Waals surface area (Å²) in [6, 6.07) is 2.17. The molecular weight excluding hydrogens is 210 g/mol. The van der Waals surface area contributed by atoms with Crippen LogP contribution < -0.4 is 0 Å². The molecule has 0 amide bonds. The molecule has 80 valence electrons. The summed E-state index contributed by atoms with van der Waals surface area (Å²) in [5.74, 6) is 0.610. The van der Waals surface area contributed by atoms with Crippen LogP contribution in [0.5, 0.6) is 0 Å². The molecule has 4 nitrogen and oxygen atoms in total. The Kier molecular flexibility index (Phi) is 2.83. The quantitative estimate of drug-likeness (QED) is 0.857. The number of rotatable bonds is 3. The zero-order chi connectivity index (χ0) is 10.8. The summed E-state index contributed by atoms with van der Waals surface area (Å²) < 4.78 is 1.87. The van der Waals surface area contributed by atoms with Gasteiger partial charge in [-0.25, -0.2) is 0 Å². The Morgan fingerprint density at radius 3 is 2.87 bits per heavy atom. The number of aromatic nitrogens is 3. The summed E-state index contributed by atoms with van der Waals surface area (Å²) in [5.41, 5.74) is 1.31. The average molecular weight is 223 g/mol. The van der Waals surface area contributed by atoms with Gasteiger partial charge in [-0.05, 0) is 25.5 Å². The lowest BCUT2D eigenvalue weighted by Crippen LogP contribution is -2.02. The lowest BCUT2D eigenvalue weighted by atomic mass is 10.3. The maximum Gasteiger partial charge on any atom is 0.158 e. The van der Waals surface area contributed by atoms with Crippen molar-refractivity contribution in [3.05, 3.63) is 33.5 Å². The van der Waals surface area contributed by atoms with Crippen molar-refractivity contribution in [2.45, 2.75) is 27.0 Å². The maximum atomic E-state index is 9.03. The van der Waals surface area contributed by atoms with E-state index < -0.39 is 0 Å². The van der Waals surface area contributed by atoms with E-state index in [1.165, 1.54) is 15.3 Å². The van der Waals surface area contributed by atoms with Gasteiger partial charge in [0.15, 0.2) is 5.82 Å². The molecule has 0 radical (unpaired) electrons.